The molecule has 1 unspecified atom stereocenters. The summed E-state index contributed by atoms with van der Waals surface area (Å²) in [7, 11) is 2.10. The average molecular weight is 484 g/mol. The van der Waals surface area contributed by atoms with Crippen molar-refractivity contribution < 1.29 is 14.3 Å². The van der Waals surface area contributed by atoms with Gasteiger partial charge in [0.2, 0.25) is 5.91 Å². The van der Waals surface area contributed by atoms with Crippen molar-refractivity contribution >= 4 is 57.0 Å². The molecule has 0 bridgehead atoms. The summed E-state index contributed by atoms with van der Waals surface area (Å²) < 4.78 is 6.09. The summed E-state index contributed by atoms with van der Waals surface area (Å²) in [4.78, 5) is 36.8. The van der Waals surface area contributed by atoms with E-state index in [-0.39, 0.29) is 23.8 Å². The first-order valence-electron chi connectivity index (χ1n) is 10.9. The number of ether oxygens (including phenoxy) is 1. The highest BCUT2D eigenvalue weighted by Gasteiger charge is 2.30. The Morgan fingerprint density at radius 1 is 1.36 bits per heavy atom. The average Bonchev–Trinajstić information content (AvgIpc) is 3.28. The summed E-state index contributed by atoms with van der Waals surface area (Å²) in [6, 6.07) is 5.84. The van der Waals surface area contributed by atoms with Gasteiger partial charge in [0.05, 0.1) is 15.5 Å². The van der Waals surface area contributed by atoms with E-state index < -0.39 is 0 Å². The van der Waals surface area contributed by atoms with E-state index in [0.717, 1.165) is 54.2 Å². The van der Waals surface area contributed by atoms with Gasteiger partial charge in [-0.05, 0) is 74.8 Å². The maximum atomic E-state index is 12.4. The molecule has 1 saturated carbocycles. The van der Waals surface area contributed by atoms with Crippen LogP contribution >= 0.6 is 23.1 Å². The van der Waals surface area contributed by atoms with Gasteiger partial charge in [-0.2, -0.15) is 0 Å². The number of nitrogens with zero attached hydrogens (tertiary/aromatic N) is 3. The van der Waals surface area contributed by atoms with Gasteiger partial charge in [-0.3, -0.25) is 9.59 Å². The molecule has 3 heterocycles. The fourth-order valence-electron chi connectivity index (χ4n) is 3.69. The number of hydrogen-bond donors (Lipinski definition) is 2. The predicted octanol–water partition coefficient (Wildman–Crippen LogP) is 3.77. The van der Waals surface area contributed by atoms with Crippen molar-refractivity contribution in [3.05, 3.63) is 39.7 Å². The molecule has 2 N–H and O–H groups in total. The van der Waals surface area contributed by atoms with Crippen LogP contribution in [0, 0.1) is 12.8 Å². The second-order valence-corrected chi connectivity index (χ2v) is 10.6. The third-order valence-electron chi connectivity index (χ3n) is 5.67. The Kier molecular flexibility index (Phi) is 6.22. The van der Waals surface area contributed by atoms with Gasteiger partial charge in [0, 0.05) is 25.2 Å². The first kappa shape index (κ1) is 22.1. The number of likely N-dealkylation sites (N-methyl/N-ethyl adjacent to an activating group) is 1. The number of benzene rings is 1. The van der Waals surface area contributed by atoms with Crippen molar-refractivity contribution in [2.75, 3.05) is 25.5 Å². The zero-order valence-corrected chi connectivity index (χ0v) is 20.1. The molecule has 8 nitrogen and oxygen atoms in total. The van der Waals surface area contributed by atoms with Crippen LogP contribution in [0.2, 0.25) is 0 Å². The summed E-state index contributed by atoms with van der Waals surface area (Å²) in [6.45, 7) is 3.98. The lowest BCUT2D eigenvalue weighted by molar-refractivity contribution is -0.117. The number of likely N-dealkylation sites (tertiary alicyclic amines) is 1. The molecule has 1 aliphatic carbocycles. The Morgan fingerprint density at radius 2 is 2.21 bits per heavy atom. The number of carbonyl (C=O) groups is 2. The summed E-state index contributed by atoms with van der Waals surface area (Å²) in [5.74, 6) is 0.793. The second kappa shape index (κ2) is 9.28. The summed E-state index contributed by atoms with van der Waals surface area (Å²) in [6.07, 6.45) is 6.58. The minimum atomic E-state index is -0.196. The molecular formula is C23H25N5O3S2. The zero-order chi connectivity index (χ0) is 22.9. The first-order chi connectivity index (χ1) is 15.9. The van der Waals surface area contributed by atoms with Gasteiger partial charge in [-0.15, -0.1) is 0 Å². The van der Waals surface area contributed by atoms with E-state index >= 15 is 0 Å². The third kappa shape index (κ3) is 5.45. The number of anilines is 1. The number of amidine groups is 1. The number of thiazole rings is 1. The molecule has 2 amide bonds. The lowest BCUT2D eigenvalue weighted by Gasteiger charge is -2.14. The third-order valence-corrected chi connectivity index (χ3v) is 7.44. The molecule has 1 aromatic carbocycles. The molecule has 5 rings (SSSR count). The number of thioether (sulfide) groups is 1. The maximum absolute atomic E-state index is 12.4. The molecule has 10 heteroatoms. The fraction of sp³-hybridized carbons (Fsp3) is 0.391. The van der Waals surface area contributed by atoms with Gasteiger partial charge < -0.3 is 20.3 Å². The Bertz CT molecular complexity index is 1150. The molecule has 33 heavy (non-hydrogen) atoms. The zero-order valence-electron chi connectivity index (χ0n) is 18.5. The van der Waals surface area contributed by atoms with Gasteiger partial charge in [0.15, 0.2) is 10.3 Å². The Hall–Kier alpha value is -2.69. The van der Waals surface area contributed by atoms with Crippen LogP contribution in [0.4, 0.5) is 10.8 Å². The molecule has 172 valence electrons. The van der Waals surface area contributed by atoms with Crippen LogP contribution in [0.5, 0.6) is 5.75 Å². The fourth-order valence-corrected chi connectivity index (χ4v) is 5.36. The van der Waals surface area contributed by atoms with Crippen molar-refractivity contribution in [3.8, 4) is 5.75 Å². The lowest BCUT2D eigenvalue weighted by Crippen LogP contribution is -2.21. The van der Waals surface area contributed by atoms with Crippen molar-refractivity contribution in [2.24, 2.45) is 10.9 Å². The molecule has 0 radical (unpaired) electrons. The van der Waals surface area contributed by atoms with E-state index in [1.54, 1.807) is 12.3 Å². The molecular weight excluding hydrogens is 458 g/mol. The van der Waals surface area contributed by atoms with E-state index in [1.165, 1.54) is 23.1 Å². The highest BCUT2D eigenvalue weighted by Crippen LogP contribution is 2.33. The van der Waals surface area contributed by atoms with Crippen molar-refractivity contribution in [1.29, 1.82) is 0 Å². The van der Waals surface area contributed by atoms with Crippen LogP contribution in [0.3, 0.4) is 0 Å². The highest BCUT2D eigenvalue weighted by molar-refractivity contribution is 8.18. The SMILES string of the molecule is Cc1cc(OC2CCN(C)C2)ccc1/N=C1/NC(=O)/C(=C/c2cnc(NC(=O)C3CC3)s2)S1. The number of hydrogen-bond acceptors (Lipinski definition) is 8. The molecule has 2 saturated heterocycles. The monoisotopic (exact) mass is 483 g/mol. The number of nitrogens with one attached hydrogen (secondary N) is 2. The quantitative estimate of drug-likeness (QED) is 0.607. The minimum absolute atomic E-state index is 0.0216. The lowest BCUT2D eigenvalue weighted by atomic mass is 10.2. The van der Waals surface area contributed by atoms with Gasteiger partial charge in [-0.25, -0.2) is 9.98 Å². The van der Waals surface area contributed by atoms with Crippen LogP contribution in [0.25, 0.3) is 6.08 Å². The smallest absolute Gasteiger partial charge is 0.264 e. The largest absolute Gasteiger partial charge is 0.489 e. The molecule has 2 aliphatic heterocycles. The van der Waals surface area contributed by atoms with Gasteiger partial charge in [0.25, 0.3) is 5.91 Å². The maximum Gasteiger partial charge on any atom is 0.264 e. The topological polar surface area (TPSA) is 95.9 Å². The number of amides is 2. The van der Waals surface area contributed by atoms with Crippen LogP contribution in [0.1, 0.15) is 29.7 Å². The van der Waals surface area contributed by atoms with Crippen LogP contribution in [-0.4, -0.2) is 53.1 Å². The first-order valence-corrected chi connectivity index (χ1v) is 12.6. The Morgan fingerprint density at radius 3 is 2.94 bits per heavy atom. The molecule has 3 aliphatic rings. The Labute approximate surface area is 200 Å². The molecule has 2 aromatic rings. The normalized spacial score (nSPS) is 23.3. The predicted molar refractivity (Wildman–Crippen MR) is 132 cm³/mol. The van der Waals surface area contributed by atoms with Crippen LogP contribution in [0.15, 0.2) is 34.3 Å². The van der Waals surface area contributed by atoms with E-state index in [4.69, 9.17) is 4.74 Å². The Balaban J connectivity index is 1.24. The summed E-state index contributed by atoms with van der Waals surface area (Å²) >= 11 is 2.64. The van der Waals surface area contributed by atoms with Crippen LogP contribution < -0.4 is 15.4 Å². The standard InChI is InChI=1S/C23H25N5O3S2/c1-13-9-15(31-16-7-8-28(2)12-16)5-6-18(13)25-23-27-21(30)19(33-23)10-17-11-24-22(32-17)26-20(29)14-3-4-14/h5-6,9-11,14,16H,3-4,7-8,12H2,1-2H3,(H,24,26,29)(H,25,27,30)/b19-10-. The van der Waals surface area contributed by atoms with E-state index in [9.17, 15) is 9.59 Å². The summed E-state index contributed by atoms with van der Waals surface area (Å²) in [5, 5.41) is 6.74. The highest BCUT2D eigenvalue weighted by atomic mass is 32.2. The number of aromatic nitrogens is 1. The molecule has 1 atom stereocenters. The molecule has 1 aromatic heterocycles. The van der Waals surface area contributed by atoms with Gasteiger partial charge in [-0.1, -0.05) is 11.3 Å². The second-order valence-electron chi connectivity index (χ2n) is 8.55. The van der Waals surface area contributed by atoms with Crippen molar-refractivity contribution in [1.82, 2.24) is 15.2 Å². The number of aryl methyl sites for hydroxylation is 1. The number of carbonyl (C=O) groups excluding carboxylic acids is 2. The van der Waals surface area contributed by atoms with E-state index in [2.05, 4.69) is 32.6 Å². The van der Waals surface area contributed by atoms with Gasteiger partial charge in [0.1, 0.15) is 11.9 Å². The number of aliphatic imine (C=N–C) groups is 1. The van der Waals surface area contributed by atoms with Crippen molar-refractivity contribution in [3.63, 3.8) is 0 Å². The molecule has 0 spiro atoms. The van der Waals surface area contributed by atoms with Gasteiger partial charge >= 0.3 is 0 Å². The van der Waals surface area contributed by atoms with E-state index in [0.29, 0.717) is 15.2 Å². The minimum Gasteiger partial charge on any atom is -0.489 e. The summed E-state index contributed by atoms with van der Waals surface area (Å²) in [5.41, 5.74) is 1.77. The number of rotatable bonds is 6. The van der Waals surface area contributed by atoms with E-state index in [1.807, 2.05) is 25.1 Å². The molecule has 3 fully saturated rings. The van der Waals surface area contributed by atoms with Crippen molar-refractivity contribution in [2.45, 2.75) is 32.3 Å². The van der Waals surface area contributed by atoms with Crippen LogP contribution in [-0.2, 0) is 9.59 Å².